The summed E-state index contributed by atoms with van der Waals surface area (Å²) in [4.78, 5) is 56.7. The minimum Gasteiger partial charge on any atom is -0.343 e. The van der Waals surface area contributed by atoms with Crippen LogP contribution in [-0.2, 0) is 32.0 Å². The number of rotatable bonds is 20. The first-order valence-electron chi connectivity index (χ1n) is 17.0. The van der Waals surface area contributed by atoms with E-state index in [0.29, 0.717) is 44.9 Å². The summed E-state index contributed by atoms with van der Waals surface area (Å²) in [7, 11) is 3.27. The molecule has 46 heavy (non-hydrogen) atoms. The molecule has 1 fully saturated rings. The van der Waals surface area contributed by atoms with Crippen LogP contribution < -0.4 is 22.1 Å². The summed E-state index contributed by atoms with van der Waals surface area (Å²) in [6.45, 7) is 0.448. The number of aryl methyl sites for hydroxylation is 1. The van der Waals surface area contributed by atoms with Crippen LogP contribution in [0.1, 0.15) is 81.8 Å². The van der Waals surface area contributed by atoms with Gasteiger partial charge in [0.25, 0.3) is 0 Å². The monoisotopic (exact) mass is 633 g/mol. The molecule has 0 spiro atoms. The molecule has 4 atom stereocenters. The fourth-order valence-corrected chi connectivity index (χ4v) is 6.70. The van der Waals surface area contributed by atoms with Gasteiger partial charge in [0.05, 0.1) is 12.1 Å². The van der Waals surface area contributed by atoms with Gasteiger partial charge in [0.2, 0.25) is 11.8 Å². The smallest absolute Gasteiger partial charge is 0.246 e. The van der Waals surface area contributed by atoms with Crippen LogP contribution in [0.4, 0.5) is 0 Å². The maximum Gasteiger partial charge on any atom is 0.246 e. The molecule has 9 nitrogen and oxygen atoms in total. The lowest BCUT2D eigenvalue weighted by molar-refractivity contribution is -0.152. The number of aldehydes is 1. The maximum absolute atomic E-state index is 14.5. The molecule has 0 heterocycles. The molecule has 0 aliphatic heterocycles. The summed E-state index contributed by atoms with van der Waals surface area (Å²) in [5.41, 5.74) is 12.5. The van der Waals surface area contributed by atoms with Crippen LogP contribution in [0.25, 0.3) is 0 Å². The van der Waals surface area contributed by atoms with Crippen LogP contribution >= 0.6 is 0 Å². The van der Waals surface area contributed by atoms with Gasteiger partial charge in [-0.05, 0) is 82.0 Å². The zero-order chi connectivity index (χ0) is 33.4. The van der Waals surface area contributed by atoms with E-state index in [9.17, 15) is 19.2 Å². The highest BCUT2D eigenvalue weighted by atomic mass is 16.2. The molecule has 1 unspecified atom stereocenters. The highest BCUT2D eigenvalue weighted by Gasteiger charge is 2.49. The summed E-state index contributed by atoms with van der Waals surface area (Å²) in [5, 5.41) is 6.03. The Morgan fingerprint density at radius 1 is 0.913 bits per heavy atom. The molecule has 0 saturated heterocycles. The molecule has 3 rings (SSSR count). The van der Waals surface area contributed by atoms with Crippen LogP contribution in [0.2, 0.25) is 0 Å². The number of unbranched alkanes of at least 4 members (excludes halogenated alkanes) is 1. The van der Waals surface area contributed by atoms with Gasteiger partial charge < -0.3 is 31.8 Å². The van der Waals surface area contributed by atoms with Crippen molar-refractivity contribution in [1.29, 1.82) is 0 Å². The van der Waals surface area contributed by atoms with Gasteiger partial charge in [-0.3, -0.25) is 14.4 Å². The standard InChI is InChI=1S/C37H55N5O4/c1-40-32(23-14-21-28-15-6-3-7-16-28)34(44)37(27-43,26-30-19-10-5-11-20-30)42(2)36(46)33(22-12-13-24-38)41-35(45)31(39)25-29-17-8-4-9-18-29/h3-4,6-9,15-18,27,30-33,40H,5,10-14,19-26,38-39H2,1-2H3,(H,41,45)/t31-,32?,33-,37+/m0/s1. The number of carbonyl (C=O) groups is 4. The number of benzene rings is 2. The van der Waals surface area contributed by atoms with Crippen molar-refractivity contribution in [3.63, 3.8) is 0 Å². The lowest BCUT2D eigenvalue weighted by Crippen LogP contribution is -2.65. The minimum absolute atomic E-state index is 0.143. The summed E-state index contributed by atoms with van der Waals surface area (Å²) < 4.78 is 0. The third-order valence-electron chi connectivity index (χ3n) is 9.54. The Morgan fingerprint density at radius 2 is 1.52 bits per heavy atom. The van der Waals surface area contributed by atoms with Crippen molar-refractivity contribution >= 4 is 23.9 Å². The molecule has 2 amide bonds. The minimum atomic E-state index is -1.66. The second kappa shape index (κ2) is 19.3. The van der Waals surface area contributed by atoms with Crippen LogP contribution in [0.15, 0.2) is 60.7 Å². The molecule has 1 aliphatic rings. The molecule has 0 aromatic heterocycles. The van der Waals surface area contributed by atoms with E-state index in [0.717, 1.165) is 50.5 Å². The van der Waals surface area contributed by atoms with Crippen LogP contribution in [-0.4, -0.2) is 73.1 Å². The fourth-order valence-electron chi connectivity index (χ4n) is 6.70. The van der Waals surface area contributed by atoms with E-state index in [2.05, 4.69) is 22.8 Å². The molecular weight excluding hydrogens is 578 g/mol. The second-order valence-corrected chi connectivity index (χ2v) is 12.9. The first-order chi connectivity index (χ1) is 22.2. The van der Waals surface area contributed by atoms with Gasteiger partial charge in [0.15, 0.2) is 17.6 Å². The van der Waals surface area contributed by atoms with Gasteiger partial charge in [-0.1, -0.05) is 92.8 Å². The number of ketones is 1. The third-order valence-corrected chi connectivity index (χ3v) is 9.54. The van der Waals surface area contributed by atoms with Gasteiger partial charge >= 0.3 is 0 Å². The zero-order valence-electron chi connectivity index (χ0n) is 27.8. The number of Topliss-reactive ketones (excluding diaryl/α,β-unsaturated/α-hetero) is 1. The Balaban J connectivity index is 1.85. The molecule has 0 radical (unpaired) electrons. The molecule has 1 aliphatic carbocycles. The molecule has 252 valence electrons. The molecule has 2 aromatic rings. The lowest BCUT2D eigenvalue weighted by atomic mass is 9.75. The molecule has 0 bridgehead atoms. The summed E-state index contributed by atoms with van der Waals surface area (Å²) in [6.07, 6.45) is 9.95. The first-order valence-corrected chi connectivity index (χ1v) is 17.0. The van der Waals surface area contributed by atoms with E-state index in [1.54, 1.807) is 14.1 Å². The quantitative estimate of drug-likeness (QED) is 0.0987. The predicted molar refractivity (Wildman–Crippen MR) is 183 cm³/mol. The maximum atomic E-state index is 14.5. The number of amides is 2. The fraction of sp³-hybridized carbons (Fsp3) is 0.568. The van der Waals surface area contributed by atoms with E-state index in [4.69, 9.17) is 11.5 Å². The van der Waals surface area contributed by atoms with E-state index in [-0.39, 0.29) is 18.1 Å². The summed E-state index contributed by atoms with van der Waals surface area (Å²) >= 11 is 0. The number of likely N-dealkylation sites (N-methyl/N-ethyl adjacent to an activating group) is 2. The van der Waals surface area contributed by atoms with Crippen molar-refractivity contribution < 1.29 is 19.2 Å². The first kappa shape index (κ1) is 37.1. The van der Waals surface area contributed by atoms with Gasteiger partial charge in [-0.2, -0.15) is 0 Å². The number of nitrogens with one attached hydrogen (secondary N) is 2. The molecule has 2 aromatic carbocycles. The van der Waals surface area contributed by atoms with Crippen molar-refractivity contribution in [2.24, 2.45) is 17.4 Å². The van der Waals surface area contributed by atoms with Crippen molar-refractivity contribution in [3.05, 3.63) is 71.8 Å². The Bertz CT molecular complexity index is 1220. The van der Waals surface area contributed by atoms with Crippen molar-refractivity contribution in [2.75, 3.05) is 20.6 Å². The van der Waals surface area contributed by atoms with Gasteiger partial charge in [-0.15, -0.1) is 0 Å². The lowest BCUT2D eigenvalue weighted by Gasteiger charge is -2.42. The average Bonchev–Trinajstić information content (AvgIpc) is 3.09. The molecule has 1 saturated carbocycles. The Hall–Kier alpha value is -3.40. The van der Waals surface area contributed by atoms with E-state index in [1.807, 2.05) is 48.5 Å². The third kappa shape index (κ3) is 10.6. The van der Waals surface area contributed by atoms with Gasteiger partial charge in [0, 0.05) is 7.05 Å². The number of hydrogen-bond acceptors (Lipinski definition) is 7. The summed E-state index contributed by atoms with van der Waals surface area (Å²) in [6, 6.07) is 17.1. The number of nitrogens with two attached hydrogens (primary N) is 2. The van der Waals surface area contributed by atoms with Gasteiger partial charge in [-0.25, -0.2) is 0 Å². The molecule has 6 N–H and O–H groups in total. The normalized spacial score (nSPS) is 16.9. The van der Waals surface area contributed by atoms with E-state index >= 15 is 0 Å². The Labute approximate surface area is 275 Å². The number of hydrogen-bond donors (Lipinski definition) is 4. The van der Waals surface area contributed by atoms with Crippen molar-refractivity contribution in [2.45, 2.75) is 107 Å². The largest absolute Gasteiger partial charge is 0.343 e. The van der Waals surface area contributed by atoms with Crippen LogP contribution in [0.5, 0.6) is 0 Å². The summed E-state index contributed by atoms with van der Waals surface area (Å²) in [5.74, 6) is -1.07. The average molecular weight is 634 g/mol. The van der Waals surface area contributed by atoms with Crippen molar-refractivity contribution in [1.82, 2.24) is 15.5 Å². The zero-order valence-corrected chi connectivity index (χ0v) is 27.8. The predicted octanol–water partition coefficient (Wildman–Crippen LogP) is 3.72. The molecule has 9 heteroatoms. The number of carbonyl (C=O) groups excluding carboxylic acids is 4. The van der Waals surface area contributed by atoms with E-state index in [1.165, 1.54) is 10.5 Å². The highest BCUT2D eigenvalue weighted by molar-refractivity contribution is 6.09. The second-order valence-electron chi connectivity index (χ2n) is 12.9. The Morgan fingerprint density at radius 3 is 2.11 bits per heavy atom. The van der Waals surface area contributed by atoms with Gasteiger partial charge in [0.1, 0.15) is 6.04 Å². The van der Waals surface area contributed by atoms with Crippen LogP contribution in [0.3, 0.4) is 0 Å². The van der Waals surface area contributed by atoms with E-state index < -0.39 is 35.5 Å². The van der Waals surface area contributed by atoms with Crippen LogP contribution in [0, 0.1) is 5.92 Å². The molecular formula is C37H55N5O4. The highest BCUT2D eigenvalue weighted by Crippen LogP contribution is 2.34. The topological polar surface area (TPSA) is 148 Å². The Kier molecular flexibility index (Phi) is 15.6. The SMILES string of the molecule is CNC(CCCc1ccccc1)C(=O)[C@](C=O)(CC1CCCCC1)N(C)C(=O)[C@H](CCCCN)NC(=O)[C@@H](N)Cc1ccccc1. The van der Waals surface area contributed by atoms with Crippen molar-refractivity contribution in [3.8, 4) is 0 Å². The number of nitrogens with zero attached hydrogens (tertiary/aromatic N) is 1.